The fourth-order valence-corrected chi connectivity index (χ4v) is 7.36. The van der Waals surface area contributed by atoms with E-state index < -0.39 is 0 Å². The second kappa shape index (κ2) is 24.9. The van der Waals surface area contributed by atoms with E-state index in [1.807, 2.05) is 0 Å². The first-order valence-corrected chi connectivity index (χ1v) is 18.9. The summed E-state index contributed by atoms with van der Waals surface area (Å²) >= 11 is 0. The molecule has 43 heavy (non-hydrogen) atoms. The first kappa shape index (κ1) is 37.8. The van der Waals surface area contributed by atoms with Crippen molar-refractivity contribution in [3.8, 4) is 0 Å². The van der Waals surface area contributed by atoms with Crippen LogP contribution in [0.1, 0.15) is 194 Å². The van der Waals surface area contributed by atoms with Crippen LogP contribution in [0.3, 0.4) is 0 Å². The summed E-state index contributed by atoms with van der Waals surface area (Å²) < 4.78 is 11.4. The molecule has 2 saturated carbocycles. The monoisotopic (exact) mass is 605 g/mol. The first-order valence-electron chi connectivity index (χ1n) is 18.9. The third-order valence-electron chi connectivity index (χ3n) is 10.1. The zero-order valence-electron chi connectivity index (χ0n) is 28.4. The molecule has 2 aliphatic carbocycles. The van der Waals surface area contributed by atoms with Gasteiger partial charge in [0.25, 0.3) is 0 Å². The molecule has 0 aromatic heterocycles. The number of unbranched alkanes of at least 4 members (excludes halogenated alkanes) is 12. The molecule has 2 rings (SSSR count). The lowest BCUT2D eigenvalue weighted by Crippen LogP contribution is -2.21. The van der Waals surface area contributed by atoms with Crippen LogP contribution in [0.5, 0.6) is 0 Å². The Morgan fingerprint density at radius 1 is 0.605 bits per heavy atom. The fourth-order valence-electron chi connectivity index (χ4n) is 7.36. The summed E-state index contributed by atoms with van der Waals surface area (Å²) in [7, 11) is 0. The van der Waals surface area contributed by atoms with Crippen LogP contribution in [0.2, 0.25) is 0 Å². The van der Waals surface area contributed by atoms with Gasteiger partial charge in [-0.3, -0.25) is 14.4 Å². The van der Waals surface area contributed by atoms with E-state index >= 15 is 0 Å². The average molecular weight is 605 g/mol. The predicted molar refractivity (Wildman–Crippen MR) is 177 cm³/mol. The SMILES string of the molecule is CCCCCC(CCCCC)CCOC(=O)CCCCCCCC(=O)CCCCCCCC(=O)OC1CC2CCCC1C2. The van der Waals surface area contributed by atoms with E-state index in [4.69, 9.17) is 9.47 Å². The van der Waals surface area contributed by atoms with Crippen LogP contribution in [0.15, 0.2) is 0 Å². The third kappa shape index (κ3) is 18.9. The smallest absolute Gasteiger partial charge is 0.306 e. The topological polar surface area (TPSA) is 69.7 Å². The molecule has 0 saturated heterocycles. The van der Waals surface area contributed by atoms with E-state index in [0.29, 0.717) is 49.9 Å². The van der Waals surface area contributed by atoms with Gasteiger partial charge >= 0.3 is 11.9 Å². The van der Waals surface area contributed by atoms with Gasteiger partial charge in [0.2, 0.25) is 0 Å². The van der Waals surface area contributed by atoms with Crippen molar-refractivity contribution in [1.29, 1.82) is 0 Å². The second-order valence-corrected chi connectivity index (χ2v) is 14.0. The molecule has 3 atom stereocenters. The lowest BCUT2D eigenvalue weighted by atomic mass is 9.89. The number of rotatable bonds is 28. The Hall–Kier alpha value is -1.39. The van der Waals surface area contributed by atoms with Gasteiger partial charge in [-0.2, -0.15) is 0 Å². The van der Waals surface area contributed by atoms with E-state index in [1.165, 1.54) is 77.0 Å². The number of ether oxygens (including phenoxy) is 2. The molecule has 0 heterocycles. The van der Waals surface area contributed by atoms with Crippen LogP contribution in [-0.4, -0.2) is 30.4 Å². The Morgan fingerprint density at radius 2 is 1.16 bits per heavy atom. The summed E-state index contributed by atoms with van der Waals surface area (Å²) in [5.41, 5.74) is 0. The molecule has 0 aliphatic heterocycles. The van der Waals surface area contributed by atoms with Crippen molar-refractivity contribution < 1.29 is 23.9 Å². The van der Waals surface area contributed by atoms with Gasteiger partial charge in [-0.25, -0.2) is 0 Å². The molecule has 2 aliphatic rings. The maximum atomic E-state index is 12.2. The van der Waals surface area contributed by atoms with Gasteiger partial charge in [0.1, 0.15) is 11.9 Å². The number of Topliss-reactive ketones (excluding diaryl/α,β-unsaturated/α-hetero) is 1. The largest absolute Gasteiger partial charge is 0.466 e. The summed E-state index contributed by atoms with van der Waals surface area (Å²) in [5.74, 6) is 2.48. The molecule has 0 aromatic carbocycles. The Kier molecular flexibility index (Phi) is 21.9. The van der Waals surface area contributed by atoms with Crippen molar-refractivity contribution in [3.63, 3.8) is 0 Å². The average Bonchev–Trinajstić information content (AvgIpc) is 3.26. The molecule has 5 heteroatoms. The summed E-state index contributed by atoms with van der Waals surface area (Å²) in [6.45, 7) is 5.09. The molecular formula is C38H68O5. The van der Waals surface area contributed by atoms with Crippen LogP contribution in [0.25, 0.3) is 0 Å². The lowest BCUT2D eigenvalue weighted by molar-refractivity contribution is -0.151. The van der Waals surface area contributed by atoms with Crippen LogP contribution in [-0.2, 0) is 23.9 Å². The van der Waals surface area contributed by atoms with Gasteiger partial charge in [-0.1, -0.05) is 117 Å². The highest BCUT2D eigenvalue weighted by atomic mass is 16.5. The Bertz CT molecular complexity index is 724. The van der Waals surface area contributed by atoms with Crippen LogP contribution in [0.4, 0.5) is 0 Å². The molecular weight excluding hydrogens is 536 g/mol. The summed E-state index contributed by atoms with van der Waals surface area (Å²) in [5, 5.41) is 0. The number of hydrogen-bond acceptors (Lipinski definition) is 5. The quantitative estimate of drug-likeness (QED) is 0.0656. The molecule has 2 bridgehead atoms. The van der Waals surface area contributed by atoms with Crippen molar-refractivity contribution in [2.24, 2.45) is 17.8 Å². The zero-order chi connectivity index (χ0) is 31.0. The molecule has 0 amide bonds. The lowest BCUT2D eigenvalue weighted by Gasteiger charge is -2.21. The Labute approximate surface area is 265 Å². The maximum Gasteiger partial charge on any atom is 0.306 e. The van der Waals surface area contributed by atoms with Crippen molar-refractivity contribution in [1.82, 2.24) is 0 Å². The molecule has 0 radical (unpaired) electrons. The van der Waals surface area contributed by atoms with Crippen molar-refractivity contribution >= 4 is 17.7 Å². The molecule has 0 N–H and O–H groups in total. The number of hydrogen-bond donors (Lipinski definition) is 0. The molecule has 5 nitrogen and oxygen atoms in total. The first-order chi connectivity index (χ1) is 21.0. The third-order valence-corrected chi connectivity index (χ3v) is 10.1. The molecule has 250 valence electrons. The van der Waals surface area contributed by atoms with E-state index in [-0.39, 0.29) is 18.0 Å². The number of carbonyl (C=O) groups is 3. The predicted octanol–water partition coefficient (Wildman–Crippen LogP) is 10.8. The summed E-state index contributed by atoms with van der Waals surface area (Å²) in [6.07, 6.45) is 30.3. The Balaban J connectivity index is 1.34. The maximum absolute atomic E-state index is 12.2. The van der Waals surface area contributed by atoms with E-state index in [2.05, 4.69) is 13.8 Å². The number of esters is 2. The van der Waals surface area contributed by atoms with Crippen LogP contribution >= 0.6 is 0 Å². The zero-order valence-corrected chi connectivity index (χ0v) is 28.4. The molecule has 0 spiro atoms. The highest BCUT2D eigenvalue weighted by molar-refractivity contribution is 5.78. The minimum absolute atomic E-state index is 0.00217. The molecule has 0 aromatic rings. The minimum Gasteiger partial charge on any atom is -0.466 e. The van der Waals surface area contributed by atoms with Crippen LogP contribution < -0.4 is 0 Å². The molecule has 3 unspecified atom stereocenters. The van der Waals surface area contributed by atoms with Gasteiger partial charge in [0, 0.05) is 25.7 Å². The van der Waals surface area contributed by atoms with E-state index in [1.54, 1.807) is 0 Å². The number of carbonyl (C=O) groups excluding carboxylic acids is 3. The number of fused-ring (bicyclic) bond motifs is 2. The van der Waals surface area contributed by atoms with Crippen molar-refractivity contribution in [3.05, 3.63) is 0 Å². The van der Waals surface area contributed by atoms with Gasteiger partial charge in [0.05, 0.1) is 6.61 Å². The van der Waals surface area contributed by atoms with E-state index in [0.717, 1.165) is 83.0 Å². The fraction of sp³-hybridized carbons (Fsp3) is 0.921. The molecule has 2 fully saturated rings. The van der Waals surface area contributed by atoms with Gasteiger partial charge in [0.15, 0.2) is 0 Å². The van der Waals surface area contributed by atoms with Gasteiger partial charge < -0.3 is 9.47 Å². The second-order valence-electron chi connectivity index (χ2n) is 14.0. The van der Waals surface area contributed by atoms with E-state index in [9.17, 15) is 14.4 Å². The summed E-state index contributed by atoms with van der Waals surface area (Å²) in [6, 6.07) is 0. The highest BCUT2D eigenvalue weighted by Crippen LogP contribution is 2.43. The normalized spacial score (nSPS) is 19.6. The van der Waals surface area contributed by atoms with Crippen molar-refractivity contribution in [2.75, 3.05) is 6.61 Å². The van der Waals surface area contributed by atoms with Crippen LogP contribution in [0, 0.1) is 17.8 Å². The Morgan fingerprint density at radius 3 is 1.74 bits per heavy atom. The van der Waals surface area contributed by atoms with Gasteiger partial charge in [-0.15, -0.1) is 0 Å². The highest BCUT2D eigenvalue weighted by Gasteiger charge is 2.39. The standard InChI is InChI=1S/C38H68O5/c1-3-5-13-20-32(21-14-6-4-2)28-29-42-37(40)26-17-11-7-9-15-24-35(39)25-16-10-8-12-18-27-38(41)43-36-31-33-22-19-23-34(36)30-33/h32-34,36H,3-31H2,1-2H3. The minimum atomic E-state index is -0.0398. The van der Waals surface area contributed by atoms with Crippen molar-refractivity contribution in [2.45, 2.75) is 200 Å². The number of ketones is 1. The summed E-state index contributed by atoms with van der Waals surface area (Å²) in [4.78, 5) is 36.6. The van der Waals surface area contributed by atoms with Gasteiger partial charge in [-0.05, 0) is 69.1 Å².